The SMILES string of the molecule is C=CC(=O)N1C[C@@H](C)[C@@H](NC(=O)c2c(F)nc(CNc3n[nH]c4cc(Cl)c(C(C)(C)C)cc34)n2C)C1. The van der Waals surface area contributed by atoms with Crippen LogP contribution in [0.5, 0.6) is 0 Å². The average Bonchev–Trinajstić information content (AvgIpc) is 3.45. The molecule has 1 aliphatic rings. The molecule has 1 saturated heterocycles. The summed E-state index contributed by atoms with van der Waals surface area (Å²) in [5.41, 5.74) is 1.44. The molecule has 4 rings (SSSR count). The number of carbonyl (C=O) groups excluding carboxylic acids is 2. The van der Waals surface area contributed by atoms with Gasteiger partial charge in [-0.1, -0.05) is 45.9 Å². The van der Waals surface area contributed by atoms with Gasteiger partial charge in [0.05, 0.1) is 18.1 Å². The molecule has 0 unspecified atom stereocenters. The van der Waals surface area contributed by atoms with Crippen LogP contribution in [0.2, 0.25) is 5.02 Å². The maximum absolute atomic E-state index is 14.8. The van der Waals surface area contributed by atoms with E-state index in [1.54, 1.807) is 11.9 Å². The molecule has 0 aliphatic carbocycles. The fourth-order valence-corrected chi connectivity index (χ4v) is 4.97. The highest BCUT2D eigenvalue weighted by atomic mass is 35.5. The van der Waals surface area contributed by atoms with E-state index in [1.165, 1.54) is 10.6 Å². The van der Waals surface area contributed by atoms with Gasteiger partial charge in [0, 0.05) is 30.5 Å². The number of fused-ring (bicyclic) bond motifs is 1. The number of imidazole rings is 1. The van der Waals surface area contributed by atoms with E-state index >= 15 is 0 Å². The lowest BCUT2D eigenvalue weighted by Crippen LogP contribution is -2.41. The molecule has 2 aromatic heterocycles. The second-order valence-corrected chi connectivity index (χ2v) is 10.7. The van der Waals surface area contributed by atoms with E-state index in [-0.39, 0.29) is 35.5 Å². The van der Waals surface area contributed by atoms with Gasteiger partial charge in [-0.05, 0) is 35.1 Å². The first-order valence-corrected chi connectivity index (χ1v) is 12.1. The number of hydrogen-bond donors (Lipinski definition) is 3. The van der Waals surface area contributed by atoms with Crippen molar-refractivity contribution in [2.75, 3.05) is 18.4 Å². The maximum atomic E-state index is 14.8. The predicted molar refractivity (Wildman–Crippen MR) is 137 cm³/mol. The Morgan fingerprint density at radius 2 is 2.06 bits per heavy atom. The molecular weight excluding hydrogens is 485 g/mol. The number of hydrogen-bond acceptors (Lipinski definition) is 5. The Balaban J connectivity index is 1.50. The number of nitrogens with zero attached hydrogens (tertiary/aromatic N) is 4. The van der Waals surface area contributed by atoms with Crippen LogP contribution < -0.4 is 10.6 Å². The number of anilines is 1. The molecule has 9 nitrogen and oxygen atoms in total. The number of aromatic amines is 1. The Morgan fingerprint density at radius 1 is 1.33 bits per heavy atom. The van der Waals surface area contributed by atoms with Gasteiger partial charge in [0.25, 0.3) is 5.91 Å². The first-order valence-electron chi connectivity index (χ1n) is 11.8. The summed E-state index contributed by atoms with van der Waals surface area (Å²) < 4.78 is 16.2. The van der Waals surface area contributed by atoms with E-state index in [0.29, 0.717) is 29.8 Å². The van der Waals surface area contributed by atoms with Gasteiger partial charge in [-0.2, -0.15) is 9.49 Å². The topological polar surface area (TPSA) is 108 Å². The van der Waals surface area contributed by atoms with Crippen LogP contribution in [-0.4, -0.2) is 55.6 Å². The van der Waals surface area contributed by atoms with Gasteiger partial charge >= 0.3 is 0 Å². The molecule has 2 atom stereocenters. The number of halogens is 2. The van der Waals surface area contributed by atoms with Crippen molar-refractivity contribution in [3.8, 4) is 0 Å². The molecule has 11 heteroatoms. The van der Waals surface area contributed by atoms with Crippen LogP contribution in [0.1, 0.15) is 49.6 Å². The third-order valence-electron chi connectivity index (χ3n) is 6.65. The highest BCUT2D eigenvalue weighted by Gasteiger charge is 2.34. The Hall–Kier alpha value is -3.40. The van der Waals surface area contributed by atoms with Crippen molar-refractivity contribution in [3.05, 3.63) is 52.8 Å². The third kappa shape index (κ3) is 4.82. The normalized spacial score (nSPS) is 18.0. The lowest BCUT2D eigenvalue weighted by molar-refractivity contribution is -0.125. The molecule has 0 spiro atoms. The van der Waals surface area contributed by atoms with E-state index in [9.17, 15) is 14.0 Å². The van der Waals surface area contributed by atoms with Crippen molar-refractivity contribution in [1.82, 2.24) is 30.0 Å². The fraction of sp³-hybridized carbons (Fsp3) is 0.440. The highest BCUT2D eigenvalue weighted by molar-refractivity contribution is 6.32. The predicted octanol–water partition coefficient (Wildman–Crippen LogP) is 3.76. The smallest absolute Gasteiger partial charge is 0.273 e. The van der Waals surface area contributed by atoms with E-state index < -0.39 is 11.9 Å². The molecule has 1 aliphatic heterocycles. The number of benzene rings is 1. The van der Waals surface area contributed by atoms with Gasteiger partial charge in [-0.3, -0.25) is 14.7 Å². The average molecular weight is 516 g/mol. The summed E-state index contributed by atoms with van der Waals surface area (Å²) in [5, 5.41) is 14.8. The standard InChI is InChI=1S/C25H31ClFN7O2/c1-7-20(35)34-11-13(2)18(12-34)29-24(36)21-22(27)30-19(33(21)6)10-28-23-14-8-15(25(3,4)5)16(26)9-17(14)31-32-23/h7-9,13,18H,1,10-12H2,2-6H3,(H,29,36)(H2,28,31,32)/t13-,18+/m1/s1. The zero-order valence-corrected chi connectivity index (χ0v) is 21.8. The number of carbonyl (C=O) groups is 2. The molecule has 36 heavy (non-hydrogen) atoms. The number of H-pyrrole nitrogens is 1. The Labute approximate surface area is 214 Å². The van der Waals surface area contributed by atoms with Gasteiger partial charge in [0.2, 0.25) is 11.9 Å². The lowest BCUT2D eigenvalue weighted by Gasteiger charge is -2.20. The van der Waals surface area contributed by atoms with E-state index in [2.05, 4.69) is 53.2 Å². The van der Waals surface area contributed by atoms with Crippen LogP contribution in [0.4, 0.5) is 10.2 Å². The first kappa shape index (κ1) is 25.7. The van der Waals surface area contributed by atoms with Gasteiger partial charge < -0.3 is 20.1 Å². The first-order chi connectivity index (χ1) is 16.9. The molecule has 3 N–H and O–H groups in total. The maximum Gasteiger partial charge on any atom is 0.273 e. The van der Waals surface area contributed by atoms with Crippen molar-refractivity contribution in [3.63, 3.8) is 0 Å². The largest absolute Gasteiger partial charge is 0.361 e. The van der Waals surface area contributed by atoms with E-state index in [4.69, 9.17) is 11.6 Å². The zero-order chi connectivity index (χ0) is 26.4. The third-order valence-corrected chi connectivity index (χ3v) is 6.96. The van der Waals surface area contributed by atoms with Crippen LogP contribution in [-0.2, 0) is 23.8 Å². The number of nitrogens with one attached hydrogen (secondary N) is 3. The minimum atomic E-state index is -0.856. The summed E-state index contributed by atoms with van der Waals surface area (Å²) in [4.78, 5) is 30.4. The zero-order valence-electron chi connectivity index (χ0n) is 21.1. The van der Waals surface area contributed by atoms with Crippen LogP contribution in [0, 0.1) is 11.9 Å². The Morgan fingerprint density at radius 3 is 2.72 bits per heavy atom. The monoisotopic (exact) mass is 515 g/mol. The summed E-state index contributed by atoms with van der Waals surface area (Å²) in [7, 11) is 1.59. The fourth-order valence-electron chi connectivity index (χ4n) is 4.52. The van der Waals surface area contributed by atoms with Crippen molar-refractivity contribution in [1.29, 1.82) is 0 Å². The molecule has 0 saturated carbocycles. The minimum absolute atomic E-state index is 0.0229. The lowest BCUT2D eigenvalue weighted by atomic mass is 9.86. The van der Waals surface area contributed by atoms with Crippen molar-refractivity contribution >= 4 is 40.1 Å². The second-order valence-electron chi connectivity index (χ2n) is 10.3. The molecule has 192 valence electrons. The molecule has 1 aromatic carbocycles. The van der Waals surface area contributed by atoms with Crippen LogP contribution in [0.25, 0.3) is 10.9 Å². The van der Waals surface area contributed by atoms with Crippen LogP contribution in [0.3, 0.4) is 0 Å². The van der Waals surface area contributed by atoms with Gasteiger partial charge in [0.15, 0.2) is 11.5 Å². The number of aromatic nitrogens is 4. The second kappa shape index (κ2) is 9.57. The molecule has 2 amide bonds. The summed E-state index contributed by atoms with van der Waals surface area (Å²) in [6.07, 6.45) is 1.25. The van der Waals surface area contributed by atoms with Crippen LogP contribution in [0.15, 0.2) is 24.8 Å². The van der Waals surface area contributed by atoms with Gasteiger partial charge in [-0.25, -0.2) is 4.98 Å². The summed E-state index contributed by atoms with van der Waals surface area (Å²) in [6.45, 7) is 12.7. The van der Waals surface area contributed by atoms with Gasteiger partial charge in [0.1, 0.15) is 5.82 Å². The van der Waals surface area contributed by atoms with Gasteiger partial charge in [-0.15, -0.1) is 0 Å². The molecule has 1 fully saturated rings. The number of amides is 2. The Bertz CT molecular complexity index is 1340. The molecular formula is C25H31ClFN7O2. The summed E-state index contributed by atoms with van der Waals surface area (Å²) in [6, 6.07) is 3.54. The summed E-state index contributed by atoms with van der Waals surface area (Å²) in [5.74, 6) is -0.690. The molecule has 0 radical (unpaired) electrons. The van der Waals surface area contributed by atoms with Crippen molar-refractivity contribution in [2.24, 2.45) is 13.0 Å². The quantitative estimate of drug-likeness (QED) is 0.433. The van der Waals surface area contributed by atoms with Crippen molar-refractivity contribution in [2.45, 2.75) is 45.7 Å². The van der Waals surface area contributed by atoms with E-state index in [0.717, 1.165) is 16.5 Å². The molecule has 0 bridgehead atoms. The Kier molecular flexibility index (Phi) is 6.83. The number of rotatable bonds is 6. The molecule has 3 aromatic rings. The number of likely N-dealkylation sites (tertiary alicyclic amines) is 1. The highest BCUT2D eigenvalue weighted by Crippen LogP contribution is 2.34. The minimum Gasteiger partial charge on any atom is -0.361 e. The van der Waals surface area contributed by atoms with Crippen molar-refractivity contribution < 1.29 is 14.0 Å². The molecule has 3 heterocycles. The van der Waals surface area contributed by atoms with Crippen LogP contribution >= 0.6 is 11.6 Å². The summed E-state index contributed by atoms with van der Waals surface area (Å²) >= 11 is 6.46. The van der Waals surface area contributed by atoms with E-state index in [1.807, 2.05) is 19.1 Å².